The monoisotopic (exact) mass is 232 g/mol. The summed E-state index contributed by atoms with van der Waals surface area (Å²) in [5, 5.41) is 3.02. The average Bonchev–Trinajstić information content (AvgIpc) is 2.35. The van der Waals surface area contributed by atoms with Crippen LogP contribution in [0.15, 0.2) is 24.3 Å². The lowest BCUT2D eigenvalue weighted by atomic mass is 9.94. The number of hydrogen-bond acceptors (Lipinski definition) is 2. The zero-order chi connectivity index (χ0) is 12.3. The second-order valence-corrected chi connectivity index (χ2v) is 4.70. The first-order chi connectivity index (χ1) is 8.22. The zero-order valence-electron chi connectivity index (χ0n) is 10.6. The standard InChI is InChI=1S/C14H20N2O/c1-11-9-12-5-3-4-6-13(12)10-16(11)14(17)7-8-15-2/h3-6,11,15H,7-10H2,1-2H3. The number of hydrogen-bond donors (Lipinski definition) is 1. The molecule has 0 aromatic heterocycles. The first-order valence-corrected chi connectivity index (χ1v) is 6.23. The van der Waals surface area contributed by atoms with Gasteiger partial charge in [-0.2, -0.15) is 0 Å². The van der Waals surface area contributed by atoms with Crippen LogP contribution in [-0.4, -0.2) is 30.4 Å². The van der Waals surface area contributed by atoms with E-state index in [1.165, 1.54) is 11.1 Å². The Morgan fingerprint density at radius 1 is 1.41 bits per heavy atom. The maximum Gasteiger partial charge on any atom is 0.224 e. The molecule has 1 N–H and O–H groups in total. The smallest absolute Gasteiger partial charge is 0.224 e. The van der Waals surface area contributed by atoms with E-state index in [0.29, 0.717) is 12.5 Å². The second kappa shape index (κ2) is 5.32. The van der Waals surface area contributed by atoms with E-state index >= 15 is 0 Å². The second-order valence-electron chi connectivity index (χ2n) is 4.70. The summed E-state index contributed by atoms with van der Waals surface area (Å²) in [6.07, 6.45) is 1.56. The molecule has 92 valence electrons. The van der Waals surface area contributed by atoms with Gasteiger partial charge in [0.05, 0.1) is 0 Å². The van der Waals surface area contributed by atoms with Crippen LogP contribution in [0.1, 0.15) is 24.5 Å². The van der Waals surface area contributed by atoms with Crippen molar-refractivity contribution in [2.45, 2.75) is 32.4 Å². The number of carbonyl (C=O) groups is 1. The van der Waals surface area contributed by atoms with Crippen LogP contribution in [0, 0.1) is 0 Å². The van der Waals surface area contributed by atoms with E-state index < -0.39 is 0 Å². The molecule has 1 aromatic carbocycles. The summed E-state index contributed by atoms with van der Waals surface area (Å²) < 4.78 is 0. The Hall–Kier alpha value is -1.35. The third-order valence-electron chi connectivity index (χ3n) is 3.42. The maximum atomic E-state index is 12.1. The molecule has 17 heavy (non-hydrogen) atoms. The predicted molar refractivity (Wildman–Crippen MR) is 68.7 cm³/mol. The maximum absolute atomic E-state index is 12.1. The van der Waals surface area contributed by atoms with Crippen molar-refractivity contribution in [3.63, 3.8) is 0 Å². The fourth-order valence-electron chi connectivity index (χ4n) is 2.39. The Morgan fingerprint density at radius 2 is 2.12 bits per heavy atom. The molecule has 1 unspecified atom stereocenters. The van der Waals surface area contributed by atoms with Crippen molar-refractivity contribution in [3.8, 4) is 0 Å². The fraction of sp³-hybridized carbons (Fsp3) is 0.500. The van der Waals surface area contributed by atoms with Gasteiger partial charge in [0.25, 0.3) is 0 Å². The molecule has 0 saturated carbocycles. The highest BCUT2D eigenvalue weighted by Crippen LogP contribution is 2.23. The predicted octanol–water partition coefficient (Wildman–Crippen LogP) is 1.57. The van der Waals surface area contributed by atoms with Crippen molar-refractivity contribution < 1.29 is 4.79 Å². The third kappa shape index (κ3) is 2.67. The average molecular weight is 232 g/mol. The van der Waals surface area contributed by atoms with Gasteiger partial charge in [0.2, 0.25) is 5.91 Å². The van der Waals surface area contributed by atoms with E-state index in [2.05, 4.69) is 30.4 Å². The molecule has 1 amide bonds. The Kier molecular flexibility index (Phi) is 3.79. The van der Waals surface area contributed by atoms with Crippen LogP contribution >= 0.6 is 0 Å². The minimum atomic E-state index is 0.251. The molecule has 2 rings (SSSR count). The Labute approximate surface area is 103 Å². The lowest BCUT2D eigenvalue weighted by Crippen LogP contribution is -2.43. The Bertz CT molecular complexity index is 403. The number of nitrogens with zero attached hydrogens (tertiary/aromatic N) is 1. The number of amides is 1. The first kappa shape index (κ1) is 12.1. The summed E-state index contributed by atoms with van der Waals surface area (Å²) >= 11 is 0. The molecule has 1 heterocycles. The molecule has 0 fully saturated rings. The highest BCUT2D eigenvalue weighted by Gasteiger charge is 2.25. The van der Waals surface area contributed by atoms with Gasteiger partial charge in [-0.3, -0.25) is 4.79 Å². The summed E-state index contributed by atoms with van der Waals surface area (Å²) in [6.45, 7) is 3.65. The molecule has 3 nitrogen and oxygen atoms in total. The van der Waals surface area contributed by atoms with Crippen molar-refractivity contribution >= 4 is 5.91 Å². The summed E-state index contributed by atoms with van der Waals surface area (Å²) in [4.78, 5) is 14.1. The van der Waals surface area contributed by atoms with Gasteiger partial charge in [0, 0.05) is 25.6 Å². The molecular formula is C14H20N2O. The van der Waals surface area contributed by atoms with E-state index in [9.17, 15) is 4.79 Å². The number of benzene rings is 1. The van der Waals surface area contributed by atoms with Crippen LogP contribution in [0.5, 0.6) is 0 Å². The minimum Gasteiger partial charge on any atom is -0.335 e. The zero-order valence-corrected chi connectivity index (χ0v) is 10.6. The highest BCUT2D eigenvalue weighted by atomic mass is 16.2. The van der Waals surface area contributed by atoms with Gasteiger partial charge in [0.15, 0.2) is 0 Å². The number of rotatable bonds is 3. The van der Waals surface area contributed by atoms with Gasteiger partial charge in [-0.05, 0) is 31.5 Å². The van der Waals surface area contributed by atoms with Crippen LogP contribution in [0.3, 0.4) is 0 Å². The molecule has 1 aromatic rings. The molecule has 0 aliphatic carbocycles. The molecule has 1 aliphatic heterocycles. The van der Waals surface area contributed by atoms with Crippen LogP contribution in [0.25, 0.3) is 0 Å². The molecule has 3 heteroatoms. The summed E-state index contributed by atoms with van der Waals surface area (Å²) in [5.74, 6) is 0.251. The largest absolute Gasteiger partial charge is 0.335 e. The van der Waals surface area contributed by atoms with Gasteiger partial charge in [-0.15, -0.1) is 0 Å². The van der Waals surface area contributed by atoms with Gasteiger partial charge >= 0.3 is 0 Å². The number of nitrogens with one attached hydrogen (secondary N) is 1. The van der Waals surface area contributed by atoms with Gasteiger partial charge in [-0.1, -0.05) is 24.3 Å². The van der Waals surface area contributed by atoms with Crippen molar-refractivity contribution in [2.24, 2.45) is 0 Å². The fourth-order valence-corrected chi connectivity index (χ4v) is 2.39. The Balaban J connectivity index is 2.09. The van der Waals surface area contributed by atoms with Crippen LogP contribution < -0.4 is 5.32 Å². The van der Waals surface area contributed by atoms with Crippen LogP contribution in [0.2, 0.25) is 0 Å². The first-order valence-electron chi connectivity index (χ1n) is 6.23. The quantitative estimate of drug-likeness (QED) is 0.858. The molecule has 1 atom stereocenters. The molecule has 0 saturated heterocycles. The highest BCUT2D eigenvalue weighted by molar-refractivity contribution is 5.77. The van der Waals surface area contributed by atoms with E-state index in [-0.39, 0.29) is 5.91 Å². The Morgan fingerprint density at radius 3 is 2.82 bits per heavy atom. The van der Waals surface area contributed by atoms with E-state index in [0.717, 1.165) is 19.5 Å². The van der Waals surface area contributed by atoms with Crippen molar-refractivity contribution in [2.75, 3.05) is 13.6 Å². The van der Waals surface area contributed by atoms with Crippen LogP contribution in [0.4, 0.5) is 0 Å². The molecule has 1 aliphatic rings. The molecular weight excluding hydrogens is 212 g/mol. The van der Waals surface area contributed by atoms with E-state index in [1.54, 1.807) is 0 Å². The number of carbonyl (C=O) groups excluding carboxylic acids is 1. The molecule has 0 radical (unpaired) electrons. The van der Waals surface area contributed by atoms with E-state index in [1.807, 2.05) is 18.0 Å². The van der Waals surface area contributed by atoms with Crippen LogP contribution in [-0.2, 0) is 17.8 Å². The summed E-state index contributed by atoms with van der Waals surface area (Å²) in [6, 6.07) is 8.73. The van der Waals surface area contributed by atoms with Gasteiger partial charge in [-0.25, -0.2) is 0 Å². The number of fused-ring (bicyclic) bond motifs is 1. The molecule has 0 spiro atoms. The summed E-state index contributed by atoms with van der Waals surface area (Å²) in [7, 11) is 1.88. The molecule has 0 bridgehead atoms. The third-order valence-corrected chi connectivity index (χ3v) is 3.42. The SMILES string of the molecule is CNCCC(=O)N1Cc2ccccc2CC1C. The van der Waals surface area contributed by atoms with Crippen molar-refractivity contribution in [1.82, 2.24) is 10.2 Å². The lowest BCUT2D eigenvalue weighted by Gasteiger charge is -2.35. The van der Waals surface area contributed by atoms with Crippen molar-refractivity contribution in [3.05, 3.63) is 35.4 Å². The normalized spacial score (nSPS) is 18.9. The van der Waals surface area contributed by atoms with Crippen molar-refractivity contribution in [1.29, 1.82) is 0 Å². The topological polar surface area (TPSA) is 32.3 Å². The minimum absolute atomic E-state index is 0.251. The van der Waals surface area contributed by atoms with Gasteiger partial charge < -0.3 is 10.2 Å². The van der Waals surface area contributed by atoms with E-state index in [4.69, 9.17) is 0 Å². The van der Waals surface area contributed by atoms with Gasteiger partial charge in [0.1, 0.15) is 0 Å². The lowest BCUT2D eigenvalue weighted by molar-refractivity contribution is -0.134. The summed E-state index contributed by atoms with van der Waals surface area (Å²) in [5.41, 5.74) is 2.68.